The lowest BCUT2D eigenvalue weighted by atomic mass is 9.98. The quantitative estimate of drug-likeness (QED) is 0.260. The number of hydrogen-bond acceptors (Lipinski definition) is 3. The van der Waals surface area contributed by atoms with Crippen LogP contribution in [-0.2, 0) is 0 Å². The van der Waals surface area contributed by atoms with E-state index in [0.29, 0.717) is 5.69 Å². The van der Waals surface area contributed by atoms with E-state index in [4.69, 9.17) is 10.9 Å². The number of imidazole rings is 1. The first-order valence-corrected chi connectivity index (χ1v) is 11.5. The summed E-state index contributed by atoms with van der Waals surface area (Å²) in [5.74, 6) is 6.30. The molecule has 1 heterocycles. The summed E-state index contributed by atoms with van der Waals surface area (Å²) in [5, 5.41) is 8.95. The molecular weight excluding hydrogens is 334 g/mol. The third-order valence-corrected chi connectivity index (χ3v) is 5.21. The average Bonchev–Trinajstić information content (AvgIpc) is 3.07. The Morgan fingerprint density at radius 2 is 1.37 bits per heavy atom. The Morgan fingerprint density at radius 1 is 0.852 bits per heavy atom. The summed E-state index contributed by atoms with van der Waals surface area (Å²) < 4.78 is 1.30. The Labute approximate surface area is 168 Å². The second-order valence-electron chi connectivity index (χ2n) is 8.12. The van der Waals surface area contributed by atoms with Crippen molar-refractivity contribution < 1.29 is 5.11 Å². The van der Waals surface area contributed by atoms with Crippen molar-refractivity contribution in [1.82, 2.24) is 9.66 Å². The van der Waals surface area contributed by atoms with Crippen LogP contribution in [0.25, 0.3) is 0 Å². The van der Waals surface area contributed by atoms with E-state index in [9.17, 15) is 0 Å². The summed E-state index contributed by atoms with van der Waals surface area (Å²) >= 11 is 0. The number of rotatable bonds is 15. The summed E-state index contributed by atoms with van der Waals surface area (Å²) in [7, 11) is 0. The topological polar surface area (TPSA) is 64.1 Å². The number of unbranched alkanes of at least 4 members (excludes halogenated alkanes) is 10. The molecule has 3 N–H and O–H groups in total. The number of nitrogen functional groups attached to an aromatic ring is 1. The average molecular weight is 382 g/mol. The van der Waals surface area contributed by atoms with Crippen molar-refractivity contribution in [3.05, 3.63) is 18.2 Å². The minimum absolute atomic E-state index is 0.544. The van der Waals surface area contributed by atoms with Gasteiger partial charge < -0.3 is 10.9 Å². The highest BCUT2D eigenvalue weighted by atomic mass is 16.3. The summed E-state index contributed by atoms with van der Waals surface area (Å²) in [6, 6.07) is 0. The highest BCUT2D eigenvalue weighted by molar-refractivity contribution is 5.00. The van der Waals surface area contributed by atoms with Crippen molar-refractivity contribution in [2.45, 2.75) is 124 Å². The van der Waals surface area contributed by atoms with Crippen molar-refractivity contribution in [2.75, 3.05) is 5.84 Å². The van der Waals surface area contributed by atoms with Crippen LogP contribution in [0.2, 0.25) is 0 Å². The third-order valence-electron chi connectivity index (χ3n) is 5.21. The summed E-state index contributed by atoms with van der Waals surface area (Å²) in [4.78, 5) is 3.72. The van der Waals surface area contributed by atoms with Gasteiger partial charge in [0.2, 0.25) is 0 Å². The number of hydrogen-bond donors (Lipinski definition) is 2. The van der Waals surface area contributed by atoms with Crippen LogP contribution in [0.4, 0.5) is 0 Å². The molecule has 160 valence electrons. The summed E-state index contributed by atoms with van der Waals surface area (Å²) in [6.07, 6.45) is 22.8. The maximum atomic E-state index is 8.95. The van der Waals surface area contributed by atoms with Crippen LogP contribution in [0.5, 0.6) is 0 Å². The van der Waals surface area contributed by atoms with Crippen molar-refractivity contribution in [2.24, 2.45) is 5.92 Å². The molecule has 0 aliphatic heterocycles. The van der Waals surface area contributed by atoms with Gasteiger partial charge in [0.25, 0.3) is 0 Å². The van der Waals surface area contributed by atoms with Gasteiger partial charge in [0.05, 0.1) is 18.0 Å². The fraction of sp³-hybridized carbons (Fsp3) is 0.870. The van der Waals surface area contributed by atoms with Gasteiger partial charge in [-0.1, -0.05) is 111 Å². The monoisotopic (exact) mass is 381 g/mol. The van der Waals surface area contributed by atoms with Gasteiger partial charge in [-0.05, 0) is 12.8 Å². The first kappa shape index (κ1) is 26.0. The molecule has 0 bridgehead atoms. The van der Waals surface area contributed by atoms with Crippen LogP contribution >= 0.6 is 0 Å². The van der Waals surface area contributed by atoms with Gasteiger partial charge in [0, 0.05) is 0 Å². The predicted molar refractivity (Wildman–Crippen MR) is 118 cm³/mol. The highest BCUT2D eigenvalue weighted by Crippen LogP contribution is 2.16. The number of nitrogens with two attached hydrogens (primary N) is 1. The molecule has 0 saturated carbocycles. The number of nitrogens with zero attached hydrogens (tertiary/aromatic N) is 2. The van der Waals surface area contributed by atoms with E-state index in [0.717, 1.165) is 5.92 Å². The highest BCUT2D eigenvalue weighted by Gasteiger charge is 2.03. The first-order chi connectivity index (χ1) is 13.0. The lowest BCUT2D eigenvalue weighted by Gasteiger charge is -2.09. The third kappa shape index (κ3) is 15.7. The lowest BCUT2D eigenvalue weighted by molar-refractivity contribution is 0.191. The molecule has 2 atom stereocenters. The normalized spacial score (nSPS) is 13.1. The molecule has 0 aliphatic carbocycles. The molecule has 0 aliphatic rings. The van der Waals surface area contributed by atoms with Gasteiger partial charge in [-0.25, -0.2) is 4.98 Å². The molecule has 0 fully saturated rings. The Kier molecular flexibility index (Phi) is 17.6. The molecule has 1 rings (SSSR count). The van der Waals surface area contributed by atoms with Gasteiger partial charge in [0.15, 0.2) is 0 Å². The van der Waals surface area contributed by atoms with E-state index < -0.39 is 6.10 Å². The molecule has 0 saturated heterocycles. The zero-order chi connectivity index (χ0) is 20.3. The van der Waals surface area contributed by atoms with Gasteiger partial charge in [-0.2, -0.15) is 0 Å². The predicted octanol–water partition coefficient (Wildman–Crippen LogP) is 6.77. The first-order valence-electron chi connectivity index (χ1n) is 11.5. The van der Waals surface area contributed by atoms with E-state index in [1.807, 2.05) is 0 Å². The second-order valence-corrected chi connectivity index (χ2v) is 8.12. The number of aliphatic hydroxyl groups excluding tert-OH is 1. The molecular formula is C23H47N3O. The summed E-state index contributed by atoms with van der Waals surface area (Å²) in [6.45, 7) is 8.65. The molecule has 4 nitrogen and oxygen atoms in total. The number of aromatic nitrogens is 2. The van der Waals surface area contributed by atoms with E-state index in [2.05, 4.69) is 25.8 Å². The van der Waals surface area contributed by atoms with E-state index in [1.165, 1.54) is 107 Å². The fourth-order valence-electron chi connectivity index (χ4n) is 3.43. The Bertz CT molecular complexity index is 418. The van der Waals surface area contributed by atoms with E-state index in [-0.39, 0.29) is 0 Å². The van der Waals surface area contributed by atoms with Crippen LogP contribution in [0.15, 0.2) is 12.5 Å². The second kappa shape index (κ2) is 18.3. The summed E-state index contributed by atoms with van der Waals surface area (Å²) in [5.41, 5.74) is 0.620. The molecule has 0 radical (unpaired) electrons. The fourth-order valence-corrected chi connectivity index (χ4v) is 3.43. The minimum Gasteiger partial charge on any atom is -0.387 e. The van der Waals surface area contributed by atoms with Crippen LogP contribution in [0.1, 0.15) is 129 Å². The maximum Gasteiger partial charge on any atom is 0.114 e. The van der Waals surface area contributed by atoms with Gasteiger partial charge in [-0.15, -0.1) is 0 Å². The Hall–Kier alpha value is -1.03. The molecule has 27 heavy (non-hydrogen) atoms. The molecule has 0 spiro atoms. The van der Waals surface area contributed by atoms with Crippen LogP contribution in [0, 0.1) is 5.92 Å². The lowest BCUT2D eigenvalue weighted by Crippen LogP contribution is -2.12. The molecule has 4 heteroatoms. The maximum absolute atomic E-state index is 8.95. The zero-order valence-corrected chi connectivity index (χ0v) is 18.6. The van der Waals surface area contributed by atoms with Crippen LogP contribution < -0.4 is 5.84 Å². The van der Waals surface area contributed by atoms with Crippen molar-refractivity contribution in [3.8, 4) is 0 Å². The Balaban J connectivity index is 0.000000621. The molecule has 0 amide bonds. The largest absolute Gasteiger partial charge is 0.387 e. The van der Waals surface area contributed by atoms with Crippen molar-refractivity contribution in [1.29, 1.82) is 0 Å². The van der Waals surface area contributed by atoms with Crippen molar-refractivity contribution >= 4 is 0 Å². The SMILES string of the molecule is CC(O)c1cncn1N.CCCCCCCCCCCCCC(C)CCC. The molecule has 1 aromatic heterocycles. The number of aliphatic hydroxyl groups is 1. The van der Waals surface area contributed by atoms with Crippen molar-refractivity contribution in [3.63, 3.8) is 0 Å². The molecule has 0 aromatic carbocycles. The molecule has 2 unspecified atom stereocenters. The van der Waals surface area contributed by atoms with Gasteiger partial charge >= 0.3 is 0 Å². The van der Waals surface area contributed by atoms with Crippen LogP contribution in [0.3, 0.4) is 0 Å². The minimum atomic E-state index is -0.544. The zero-order valence-electron chi connectivity index (χ0n) is 18.6. The standard InChI is InChI=1S/C18H38.C5H9N3O/c1-4-6-7-8-9-10-11-12-13-14-15-17-18(3)16-5-2;1-4(9)5-2-7-3-8(5)6/h18H,4-17H2,1-3H3;2-4,9H,6H2,1H3. The van der Waals surface area contributed by atoms with Crippen LogP contribution in [-0.4, -0.2) is 14.8 Å². The van der Waals surface area contributed by atoms with Gasteiger partial charge in [-0.3, -0.25) is 4.68 Å². The van der Waals surface area contributed by atoms with Gasteiger partial charge in [0.1, 0.15) is 6.33 Å². The molecule has 1 aromatic rings. The Morgan fingerprint density at radius 3 is 1.74 bits per heavy atom. The smallest absolute Gasteiger partial charge is 0.114 e. The van der Waals surface area contributed by atoms with E-state index >= 15 is 0 Å². The van der Waals surface area contributed by atoms with E-state index in [1.54, 1.807) is 6.92 Å².